The van der Waals surface area contributed by atoms with Crippen LogP contribution < -0.4 is 11.4 Å². The van der Waals surface area contributed by atoms with Gasteiger partial charge in [-0.05, 0) is 6.07 Å². The average molecular weight is 337 g/mol. The number of carbonyl (C=O) groups is 1. The third-order valence-corrected chi connectivity index (χ3v) is 3.22. The number of aliphatic hydroxyl groups excluding tert-OH is 2. The summed E-state index contributed by atoms with van der Waals surface area (Å²) in [5.74, 6) is -1.68. The summed E-state index contributed by atoms with van der Waals surface area (Å²) in [6, 6.07) is 1.21. The molecule has 1 aliphatic rings. The molecule has 1 fully saturated rings. The van der Waals surface area contributed by atoms with Crippen LogP contribution in [0.4, 0.5) is 5.82 Å². The number of nitrogen functional groups attached to an aromatic ring is 1. The topological polar surface area (TPSA) is 194 Å². The lowest BCUT2D eigenvalue weighted by atomic mass is 10.1. The van der Waals surface area contributed by atoms with E-state index in [2.05, 4.69) is 9.51 Å². The van der Waals surface area contributed by atoms with Gasteiger partial charge in [-0.2, -0.15) is 4.98 Å². The molecule has 0 spiro atoms. The number of rotatable bonds is 3. The molecule has 1 aromatic rings. The molecule has 1 aliphatic heterocycles. The van der Waals surface area contributed by atoms with Crippen LogP contribution in [0.15, 0.2) is 17.1 Å². The van der Waals surface area contributed by atoms with Crippen molar-refractivity contribution in [2.75, 3.05) is 5.73 Å². The summed E-state index contributed by atoms with van der Waals surface area (Å²) in [6.07, 6.45) is -5.89. The van der Waals surface area contributed by atoms with E-state index in [9.17, 15) is 24.4 Å². The van der Waals surface area contributed by atoms with E-state index in [1.165, 1.54) is 6.07 Å². The van der Waals surface area contributed by atoms with Gasteiger partial charge in [-0.25, -0.2) is 14.2 Å². The lowest BCUT2D eigenvalue weighted by molar-refractivity contribution is -0.153. The highest BCUT2D eigenvalue weighted by Crippen LogP contribution is 2.38. The summed E-state index contributed by atoms with van der Waals surface area (Å²) in [5, 5.41) is 19.5. The van der Waals surface area contributed by atoms with Crippen molar-refractivity contribution >= 4 is 19.6 Å². The fraction of sp³-hybridized carbons (Fsp3) is 0.444. The Morgan fingerprint density at radius 2 is 2.05 bits per heavy atom. The number of carbonyl (C=O) groups excluding carboxylic acids is 1. The van der Waals surface area contributed by atoms with Gasteiger partial charge in [-0.1, -0.05) is 0 Å². The van der Waals surface area contributed by atoms with Crippen molar-refractivity contribution in [3.8, 4) is 0 Å². The van der Waals surface area contributed by atoms with Gasteiger partial charge in [0.15, 0.2) is 12.3 Å². The number of phosphoric ester groups is 1. The van der Waals surface area contributed by atoms with Crippen LogP contribution in [-0.4, -0.2) is 53.8 Å². The molecule has 0 bridgehead atoms. The van der Waals surface area contributed by atoms with E-state index in [-0.39, 0.29) is 5.82 Å². The zero-order valence-corrected chi connectivity index (χ0v) is 11.6. The molecule has 22 heavy (non-hydrogen) atoms. The number of aromatic nitrogens is 2. The molecule has 6 N–H and O–H groups in total. The molecule has 0 radical (unpaired) electrons. The van der Waals surface area contributed by atoms with Crippen LogP contribution in [0.2, 0.25) is 0 Å². The van der Waals surface area contributed by atoms with E-state index in [1.807, 2.05) is 0 Å². The summed E-state index contributed by atoms with van der Waals surface area (Å²) in [5.41, 5.74) is 4.38. The minimum atomic E-state index is -5.15. The predicted octanol–water partition coefficient (Wildman–Crippen LogP) is -2.92. The molecule has 1 aromatic heterocycles. The first-order valence-electron chi connectivity index (χ1n) is 5.75. The number of ether oxygens (including phenoxy) is 1. The van der Waals surface area contributed by atoms with Crippen molar-refractivity contribution in [3.05, 3.63) is 22.7 Å². The van der Waals surface area contributed by atoms with Crippen LogP contribution >= 0.6 is 7.82 Å². The van der Waals surface area contributed by atoms with Crippen LogP contribution in [0.5, 0.6) is 0 Å². The Labute approximate surface area is 122 Å². The highest BCUT2D eigenvalue weighted by molar-refractivity contribution is 7.46. The molecule has 0 amide bonds. The molecule has 4 atom stereocenters. The van der Waals surface area contributed by atoms with E-state index in [4.69, 9.17) is 20.3 Å². The van der Waals surface area contributed by atoms with Crippen molar-refractivity contribution in [2.24, 2.45) is 0 Å². The summed E-state index contributed by atoms with van der Waals surface area (Å²) >= 11 is 0. The maximum atomic E-state index is 11.6. The Bertz CT molecular complexity index is 685. The second-order valence-electron chi connectivity index (χ2n) is 4.37. The number of hydrogen-bond donors (Lipinski definition) is 5. The number of hydrogen-bond acceptors (Lipinski definition) is 9. The SMILES string of the molecule is Nc1ccn([C@@H]2O[C@H](C(=O)OP(=O)(O)O)[C@@H](O)[C@H]2O)c(=O)n1. The fourth-order valence-corrected chi connectivity index (χ4v) is 2.21. The largest absolute Gasteiger partial charge is 0.527 e. The van der Waals surface area contributed by atoms with Crippen LogP contribution in [0.1, 0.15) is 6.23 Å². The molecule has 2 heterocycles. The van der Waals surface area contributed by atoms with Gasteiger partial charge in [0, 0.05) is 6.20 Å². The minimum Gasteiger partial charge on any atom is -0.387 e. The lowest BCUT2D eigenvalue weighted by Gasteiger charge is -2.16. The first-order valence-corrected chi connectivity index (χ1v) is 7.28. The van der Waals surface area contributed by atoms with Gasteiger partial charge in [0.1, 0.15) is 18.0 Å². The molecule has 2 rings (SSSR count). The Kier molecular flexibility index (Phi) is 4.33. The van der Waals surface area contributed by atoms with Crippen LogP contribution in [0, 0.1) is 0 Å². The Morgan fingerprint density at radius 3 is 2.59 bits per heavy atom. The zero-order chi connectivity index (χ0) is 16.7. The monoisotopic (exact) mass is 337 g/mol. The second kappa shape index (κ2) is 5.76. The number of anilines is 1. The Hall–Kier alpha value is -1.82. The first kappa shape index (κ1) is 16.5. The maximum absolute atomic E-state index is 11.6. The van der Waals surface area contributed by atoms with Gasteiger partial charge in [-0.3, -0.25) is 14.4 Å². The fourth-order valence-electron chi connectivity index (χ4n) is 1.87. The third kappa shape index (κ3) is 3.32. The van der Waals surface area contributed by atoms with Gasteiger partial charge in [0.25, 0.3) is 0 Å². The van der Waals surface area contributed by atoms with Crippen molar-refractivity contribution in [1.29, 1.82) is 0 Å². The molecule has 12 nitrogen and oxygen atoms in total. The number of aliphatic hydroxyl groups is 2. The maximum Gasteiger partial charge on any atom is 0.527 e. The zero-order valence-electron chi connectivity index (χ0n) is 10.7. The van der Waals surface area contributed by atoms with Gasteiger partial charge in [0.2, 0.25) is 0 Å². The van der Waals surface area contributed by atoms with E-state index in [0.29, 0.717) is 0 Å². The van der Waals surface area contributed by atoms with E-state index < -0.39 is 44.0 Å². The van der Waals surface area contributed by atoms with Crippen LogP contribution in [0.3, 0.4) is 0 Å². The molecule has 0 saturated carbocycles. The molecular formula is C9H12N3O9P. The normalized spacial score (nSPS) is 28.5. The summed E-state index contributed by atoms with van der Waals surface area (Å²) in [4.78, 5) is 43.6. The molecule has 0 aliphatic carbocycles. The number of phosphoric acid groups is 1. The van der Waals surface area contributed by atoms with Crippen LogP contribution in [0.25, 0.3) is 0 Å². The minimum absolute atomic E-state index is 0.0910. The van der Waals surface area contributed by atoms with Crippen LogP contribution in [-0.2, 0) is 18.6 Å². The molecular weight excluding hydrogens is 325 g/mol. The lowest BCUT2D eigenvalue weighted by Crippen LogP contribution is -2.37. The molecule has 1 saturated heterocycles. The average Bonchev–Trinajstić information content (AvgIpc) is 2.65. The Balaban J connectivity index is 2.25. The smallest absolute Gasteiger partial charge is 0.387 e. The van der Waals surface area contributed by atoms with Gasteiger partial charge >= 0.3 is 19.5 Å². The van der Waals surface area contributed by atoms with Crippen molar-refractivity contribution in [1.82, 2.24) is 9.55 Å². The number of nitrogens with two attached hydrogens (primary N) is 1. The quantitative estimate of drug-likeness (QED) is 0.354. The summed E-state index contributed by atoms with van der Waals surface area (Å²) in [6.45, 7) is 0. The van der Waals surface area contributed by atoms with E-state index in [0.717, 1.165) is 10.8 Å². The predicted molar refractivity (Wildman–Crippen MR) is 67.0 cm³/mol. The standard InChI is InChI=1S/C9H12N3O9P/c10-3-1-2-12(9(16)11-3)7-5(14)4(13)6(20-7)8(15)21-22(17,18)19/h1-2,4-7,13-14H,(H2,10,11,16)(H2,17,18,19)/t4-,5+,6-,7+/m0/s1. The van der Waals surface area contributed by atoms with Gasteiger partial charge in [0.05, 0.1) is 0 Å². The van der Waals surface area contributed by atoms with Gasteiger partial charge < -0.3 is 25.2 Å². The highest BCUT2D eigenvalue weighted by atomic mass is 31.2. The molecule has 0 unspecified atom stereocenters. The summed E-state index contributed by atoms with van der Waals surface area (Å²) in [7, 11) is -5.15. The molecule has 122 valence electrons. The summed E-state index contributed by atoms with van der Waals surface area (Å²) < 4.78 is 20.1. The van der Waals surface area contributed by atoms with Crippen molar-refractivity contribution in [3.63, 3.8) is 0 Å². The first-order chi connectivity index (χ1) is 10.1. The third-order valence-electron chi connectivity index (χ3n) is 2.81. The Morgan fingerprint density at radius 1 is 1.41 bits per heavy atom. The molecule has 0 aromatic carbocycles. The number of nitrogens with zero attached hydrogens (tertiary/aromatic N) is 2. The highest BCUT2D eigenvalue weighted by Gasteiger charge is 2.49. The van der Waals surface area contributed by atoms with Crippen molar-refractivity contribution < 1.29 is 38.6 Å². The van der Waals surface area contributed by atoms with Gasteiger partial charge in [-0.15, -0.1) is 0 Å². The van der Waals surface area contributed by atoms with Crippen molar-refractivity contribution in [2.45, 2.75) is 24.5 Å². The van der Waals surface area contributed by atoms with E-state index >= 15 is 0 Å². The molecule has 13 heteroatoms. The second-order valence-corrected chi connectivity index (χ2v) is 5.54. The van der Waals surface area contributed by atoms with E-state index in [1.54, 1.807) is 0 Å².